The Kier molecular flexibility index (Phi) is 1.43. The molecule has 15 heavy (non-hydrogen) atoms. The minimum absolute atomic E-state index is 0.752. The van der Waals surface area contributed by atoms with Crippen molar-refractivity contribution in [1.82, 2.24) is 10.2 Å². The Hall–Kier alpha value is -0.920. The van der Waals surface area contributed by atoms with Gasteiger partial charge in [0.05, 0.1) is 11.4 Å². The zero-order valence-corrected chi connectivity index (χ0v) is 9.16. The summed E-state index contributed by atoms with van der Waals surface area (Å²) in [7, 11) is 0. The van der Waals surface area contributed by atoms with E-state index in [4.69, 9.17) is 0 Å². The zero-order chi connectivity index (χ0) is 9.99. The summed E-state index contributed by atoms with van der Waals surface area (Å²) in [6.45, 7) is 2.28. The highest BCUT2D eigenvalue weighted by Crippen LogP contribution is 2.54. The lowest BCUT2D eigenvalue weighted by Crippen LogP contribution is -2.08. The maximum atomic E-state index is 4.51. The quantitative estimate of drug-likeness (QED) is 0.696. The summed E-state index contributed by atoms with van der Waals surface area (Å²) >= 11 is 0. The molecule has 0 radical (unpaired) electrons. The fourth-order valence-corrected chi connectivity index (χ4v) is 3.62. The molecule has 0 saturated heterocycles. The van der Waals surface area contributed by atoms with Gasteiger partial charge in [0.25, 0.3) is 0 Å². The molecule has 2 unspecified atom stereocenters. The lowest BCUT2D eigenvalue weighted by atomic mass is 9.91. The number of hydrogen-bond acceptors (Lipinski definition) is 2. The molecule has 4 rings (SSSR count). The van der Waals surface area contributed by atoms with Gasteiger partial charge in [0.1, 0.15) is 0 Å². The second-order valence-electron chi connectivity index (χ2n) is 5.49. The molecule has 3 aliphatic rings. The van der Waals surface area contributed by atoms with Crippen LogP contribution in [0.1, 0.15) is 72.4 Å². The summed E-state index contributed by atoms with van der Waals surface area (Å²) < 4.78 is 0. The molecule has 0 spiro atoms. The second-order valence-corrected chi connectivity index (χ2v) is 5.49. The van der Waals surface area contributed by atoms with Crippen molar-refractivity contribution in [2.75, 3.05) is 0 Å². The summed E-state index contributed by atoms with van der Waals surface area (Å²) in [5.74, 6) is 2.34. The van der Waals surface area contributed by atoms with Crippen molar-refractivity contribution < 1.29 is 0 Å². The van der Waals surface area contributed by atoms with Gasteiger partial charge in [-0.3, -0.25) is 0 Å². The van der Waals surface area contributed by atoms with E-state index in [-0.39, 0.29) is 0 Å². The normalized spacial score (nSPS) is 32.1. The Morgan fingerprint density at radius 2 is 1.53 bits per heavy atom. The Morgan fingerprint density at radius 3 is 2.33 bits per heavy atom. The molecule has 2 bridgehead atoms. The van der Waals surface area contributed by atoms with Crippen LogP contribution in [0.15, 0.2) is 0 Å². The van der Waals surface area contributed by atoms with Gasteiger partial charge in [-0.1, -0.05) is 0 Å². The van der Waals surface area contributed by atoms with Crippen LogP contribution in [0.25, 0.3) is 0 Å². The fourth-order valence-electron chi connectivity index (χ4n) is 3.62. The van der Waals surface area contributed by atoms with Gasteiger partial charge in [-0.25, -0.2) is 0 Å². The maximum absolute atomic E-state index is 4.51. The van der Waals surface area contributed by atoms with Crippen LogP contribution in [0.2, 0.25) is 0 Å². The zero-order valence-electron chi connectivity index (χ0n) is 9.16. The van der Waals surface area contributed by atoms with Gasteiger partial charge < -0.3 is 0 Å². The van der Waals surface area contributed by atoms with Gasteiger partial charge in [-0.15, -0.1) is 0 Å². The van der Waals surface area contributed by atoms with Crippen LogP contribution in [0.3, 0.4) is 0 Å². The molecule has 2 fully saturated rings. The van der Waals surface area contributed by atoms with Crippen molar-refractivity contribution in [3.63, 3.8) is 0 Å². The van der Waals surface area contributed by atoms with Gasteiger partial charge in [-0.2, -0.15) is 10.2 Å². The Bertz CT molecular complexity index is 434. The SMILES string of the molecule is Cc1c(C2CC2)nnc2c1C1CCC2C1. The molecule has 2 nitrogen and oxygen atoms in total. The minimum Gasteiger partial charge on any atom is -0.155 e. The van der Waals surface area contributed by atoms with Crippen LogP contribution in [0.4, 0.5) is 0 Å². The van der Waals surface area contributed by atoms with Gasteiger partial charge in [-0.05, 0) is 56.1 Å². The van der Waals surface area contributed by atoms with Crippen LogP contribution in [-0.4, -0.2) is 10.2 Å². The monoisotopic (exact) mass is 200 g/mol. The van der Waals surface area contributed by atoms with Crippen molar-refractivity contribution in [3.05, 3.63) is 22.5 Å². The number of hydrogen-bond donors (Lipinski definition) is 0. The van der Waals surface area contributed by atoms with Crippen molar-refractivity contribution in [2.45, 2.75) is 56.8 Å². The third-order valence-electron chi connectivity index (χ3n) is 4.52. The van der Waals surface area contributed by atoms with Crippen LogP contribution >= 0.6 is 0 Å². The molecule has 0 amide bonds. The van der Waals surface area contributed by atoms with E-state index in [9.17, 15) is 0 Å². The van der Waals surface area contributed by atoms with Crippen LogP contribution in [0, 0.1) is 6.92 Å². The van der Waals surface area contributed by atoms with Crippen molar-refractivity contribution >= 4 is 0 Å². The average Bonchev–Trinajstić information content (AvgIpc) is 2.88. The van der Waals surface area contributed by atoms with Crippen molar-refractivity contribution in [3.8, 4) is 0 Å². The van der Waals surface area contributed by atoms with E-state index in [0.717, 1.165) is 17.8 Å². The van der Waals surface area contributed by atoms with E-state index < -0.39 is 0 Å². The van der Waals surface area contributed by atoms with Gasteiger partial charge in [0, 0.05) is 11.8 Å². The summed E-state index contributed by atoms with van der Waals surface area (Å²) in [4.78, 5) is 0. The number of nitrogens with zero attached hydrogens (tertiary/aromatic N) is 2. The third-order valence-corrected chi connectivity index (χ3v) is 4.52. The molecule has 2 heteroatoms. The first-order valence-corrected chi connectivity index (χ1v) is 6.21. The molecular weight excluding hydrogens is 184 g/mol. The van der Waals surface area contributed by atoms with E-state index in [2.05, 4.69) is 17.1 Å². The first-order chi connectivity index (χ1) is 7.34. The summed E-state index contributed by atoms with van der Waals surface area (Å²) in [6.07, 6.45) is 6.78. The lowest BCUT2D eigenvalue weighted by molar-refractivity contribution is 0.667. The second kappa shape index (κ2) is 2.60. The molecule has 3 aliphatic carbocycles. The highest BCUT2D eigenvalue weighted by molar-refractivity contribution is 5.44. The number of fused-ring (bicyclic) bond motifs is 5. The molecule has 2 saturated carbocycles. The van der Waals surface area contributed by atoms with Crippen molar-refractivity contribution in [1.29, 1.82) is 0 Å². The molecule has 1 heterocycles. The molecule has 0 aliphatic heterocycles. The summed E-state index contributed by atoms with van der Waals surface area (Å²) in [5.41, 5.74) is 5.77. The van der Waals surface area contributed by atoms with E-state index in [0.29, 0.717) is 0 Å². The van der Waals surface area contributed by atoms with E-state index >= 15 is 0 Å². The predicted molar refractivity (Wildman–Crippen MR) is 58.1 cm³/mol. The van der Waals surface area contributed by atoms with Crippen LogP contribution in [-0.2, 0) is 0 Å². The predicted octanol–water partition coefficient (Wildman–Crippen LogP) is 3.03. The summed E-state index contributed by atoms with van der Waals surface area (Å²) in [5, 5.41) is 8.99. The average molecular weight is 200 g/mol. The first kappa shape index (κ1) is 8.26. The maximum Gasteiger partial charge on any atom is 0.0699 e. The van der Waals surface area contributed by atoms with Gasteiger partial charge >= 0.3 is 0 Å². The molecule has 0 aromatic carbocycles. The molecule has 1 aromatic heterocycles. The van der Waals surface area contributed by atoms with Gasteiger partial charge in [0.2, 0.25) is 0 Å². The lowest BCUT2D eigenvalue weighted by Gasteiger charge is -2.17. The fraction of sp³-hybridized carbons (Fsp3) is 0.692. The molecule has 1 aromatic rings. The molecular formula is C13H16N2. The van der Waals surface area contributed by atoms with Gasteiger partial charge in [0.15, 0.2) is 0 Å². The number of aromatic nitrogens is 2. The standard InChI is InChI=1S/C13H16N2/c1-7-11-9-4-5-10(6-9)13(11)15-14-12(7)8-2-3-8/h8-10H,2-6H2,1H3. The Morgan fingerprint density at radius 1 is 0.867 bits per heavy atom. The van der Waals surface area contributed by atoms with E-state index in [1.165, 1.54) is 49.1 Å². The van der Waals surface area contributed by atoms with Crippen LogP contribution in [0.5, 0.6) is 0 Å². The van der Waals surface area contributed by atoms with Crippen LogP contribution < -0.4 is 0 Å². The van der Waals surface area contributed by atoms with Crippen molar-refractivity contribution in [2.24, 2.45) is 0 Å². The van der Waals surface area contributed by atoms with E-state index in [1.807, 2.05) is 0 Å². The smallest absolute Gasteiger partial charge is 0.0699 e. The summed E-state index contributed by atoms with van der Waals surface area (Å²) in [6, 6.07) is 0. The molecule has 78 valence electrons. The Labute approximate surface area is 90.1 Å². The molecule has 2 atom stereocenters. The highest BCUT2D eigenvalue weighted by Gasteiger charge is 2.41. The largest absolute Gasteiger partial charge is 0.155 e. The number of rotatable bonds is 1. The third kappa shape index (κ3) is 1.000. The highest BCUT2D eigenvalue weighted by atomic mass is 15.1. The first-order valence-electron chi connectivity index (χ1n) is 6.21. The topological polar surface area (TPSA) is 25.8 Å². The minimum atomic E-state index is 0.752. The van der Waals surface area contributed by atoms with E-state index in [1.54, 1.807) is 5.56 Å². The Balaban J connectivity index is 1.91. The molecule has 0 N–H and O–H groups in total.